The molecule has 2 heterocycles. The monoisotopic (exact) mass is 269 g/mol. The van der Waals surface area contributed by atoms with E-state index in [1.807, 2.05) is 6.26 Å². The zero-order chi connectivity index (χ0) is 11.6. The molecule has 18 heavy (non-hydrogen) atoms. The van der Waals surface area contributed by atoms with Crippen LogP contribution in [0.25, 0.3) is 0 Å². The van der Waals surface area contributed by atoms with Crippen molar-refractivity contribution < 1.29 is 4.42 Å². The normalized spacial score (nSPS) is 24.4. The predicted octanol–water partition coefficient (Wildman–Crippen LogP) is 4.35. The Kier molecular flexibility index (Phi) is 4.74. The first-order valence-electron chi connectivity index (χ1n) is 7.21. The summed E-state index contributed by atoms with van der Waals surface area (Å²) >= 11 is 0. The van der Waals surface area contributed by atoms with Crippen molar-refractivity contribution in [3.8, 4) is 0 Å². The van der Waals surface area contributed by atoms with Gasteiger partial charge in [0.2, 0.25) is 0 Å². The van der Waals surface area contributed by atoms with Crippen LogP contribution in [0.15, 0.2) is 22.8 Å². The second-order valence-corrected chi connectivity index (χ2v) is 5.62. The van der Waals surface area contributed by atoms with Crippen LogP contribution in [-0.2, 0) is 5.54 Å². The predicted molar refractivity (Wildman–Crippen MR) is 76.1 cm³/mol. The third kappa shape index (κ3) is 2.46. The highest BCUT2D eigenvalue weighted by Gasteiger charge is 2.41. The molecule has 0 bridgehead atoms. The smallest absolute Gasteiger partial charge is 0.124 e. The third-order valence-electron chi connectivity index (χ3n) is 4.62. The van der Waals surface area contributed by atoms with E-state index in [2.05, 4.69) is 17.0 Å². The van der Waals surface area contributed by atoms with Crippen molar-refractivity contribution in [1.29, 1.82) is 0 Å². The molecule has 0 radical (unpaired) electrons. The lowest BCUT2D eigenvalue weighted by molar-refractivity contribution is 0.0132. The second-order valence-electron chi connectivity index (χ2n) is 5.62. The highest BCUT2D eigenvalue weighted by atomic mass is 35.5. The number of rotatable bonds is 2. The fourth-order valence-corrected chi connectivity index (χ4v) is 3.72. The molecular weight excluding hydrogens is 246 g/mol. The molecule has 2 fully saturated rings. The SMILES string of the molecule is Cl.c1coc(C2(N3CCCCC3)CCCCC2)c1. The van der Waals surface area contributed by atoms with Gasteiger partial charge in [-0.2, -0.15) is 0 Å². The molecule has 0 aromatic carbocycles. The lowest BCUT2D eigenvalue weighted by Crippen LogP contribution is -2.49. The van der Waals surface area contributed by atoms with E-state index in [0.717, 1.165) is 0 Å². The molecule has 3 heteroatoms. The summed E-state index contributed by atoms with van der Waals surface area (Å²) in [5.41, 5.74) is 0.238. The van der Waals surface area contributed by atoms with E-state index < -0.39 is 0 Å². The second kappa shape index (κ2) is 6.12. The van der Waals surface area contributed by atoms with Gasteiger partial charge in [0.15, 0.2) is 0 Å². The molecule has 1 saturated carbocycles. The van der Waals surface area contributed by atoms with Crippen molar-refractivity contribution in [3.05, 3.63) is 24.2 Å². The van der Waals surface area contributed by atoms with E-state index in [4.69, 9.17) is 4.42 Å². The number of furan rings is 1. The van der Waals surface area contributed by atoms with E-state index in [0.29, 0.717) is 0 Å². The summed E-state index contributed by atoms with van der Waals surface area (Å²) in [5.74, 6) is 1.22. The molecule has 0 unspecified atom stereocenters. The molecule has 0 spiro atoms. The number of likely N-dealkylation sites (tertiary alicyclic amines) is 1. The number of halogens is 1. The summed E-state index contributed by atoms with van der Waals surface area (Å²) in [5, 5.41) is 0. The molecule has 3 rings (SSSR count). The summed E-state index contributed by atoms with van der Waals surface area (Å²) in [6, 6.07) is 4.25. The van der Waals surface area contributed by atoms with Crippen LogP contribution in [0.1, 0.15) is 57.1 Å². The molecule has 1 aliphatic heterocycles. The maximum Gasteiger partial charge on any atom is 0.124 e. The fraction of sp³-hybridized carbons (Fsp3) is 0.733. The number of piperidine rings is 1. The molecular formula is C15H24ClNO. The molecule has 1 aromatic rings. The number of hydrogen-bond donors (Lipinski definition) is 0. The van der Waals surface area contributed by atoms with Gasteiger partial charge in [0, 0.05) is 0 Å². The van der Waals surface area contributed by atoms with Gasteiger partial charge in [-0.1, -0.05) is 25.7 Å². The first-order valence-corrected chi connectivity index (χ1v) is 7.21. The number of hydrogen-bond acceptors (Lipinski definition) is 2. The molecule has 1 aliphatic carbocycles. The molecule has 1 saturated heterocycles. The first kappa shape index (κ1) is 14.0. The molecule has 0 N–H and O–H groups in total. The lowest BCUT2D eigenvalue weighted by Gasteiger charge is -2.46. The Bertz CT molecular complexity index is 337. The highest BCUT2D eigenvalue weighted by Crippen LogP contribution is 2.43. The van der Waals surface area contributed by atoms with Gasteiger partial charge in [-0.25, -0.2) is 0 Å². The molecule has 0 atom stereocenters. The average Bonchev–Trinajstić information content (AvgIpc) is 2.95. The maximum absolute atomic E-state index is 5.79. The van der Waals surface area contributed by atoms with Gasteiger partial charge in [-0.3, -0.25) is 4.90 Å². The van der Waals surface area contributed by atoms with Crippen molar-refractivity contribution in [2.45, 2.75) is 56.9 Å². The summed E-state index contributed by atoms with van der Waals surface area (Å²) in [4.78, 5) is 2.72. The fourth-order valence-electron chi connectivity index (χ4n) is 3.72. The van der Waals surface area contributed by atoms with Crippen LogP contribution in [0.4, 0.5) is 0 Å². The molecule has 102 valence electrons. The third-order valence-corrected chi connectivity index (χ3v) is 4.62. The van der Waals surface area contributed by atoms with Crippen molar-refractivity contribution in [2.24, 2.45) is 0 Å². The minimum atomic E-state index is 0. The maximum atomic E-state index is 5.79. The van der Waals surface area contributed by atoms with Crippen LogP contribution in [0.3, 0.4) is 0 Å². The van der Waals surface area contributed by atoms with Crippen LogP contribution >= 0.6 is 12.4 Å². The Morgan fingerprint density at radius 1 is 0.944 bits per heavy atom. The lowest BCUT2D eigenvalue weighted by atomic mass is 9.77. The molecule has 2 aliphatic rings. The first-order chi connectivity index (χ1) is 8.42. The van der Waals surface area contributed by atoms with E-state index in [-0.39, 0.29) is 17.9 Å². The highest BCUT2D eigenvalue weighted by molar-refractivity contribution is 5.85. The van der Waals surface area contributed by atoms with Crippen LogP contribution < -0.4 is 0 Å². The Morgan fingerprint density at radius 2 is 1.61 bits per heavy atom. The topological polar surface area (TPSA) is 16.4 Å². The van der Waals surface area contributed by atoms with Gasteiger partial charge in [-0.05, 0) is 50.9 Å². The van der Waals surface area contributed by atoms with Crippen molar-refractivity contribution >= 4 is 12.4 Å². The van der Waals surface area contributed by atoms with Crippen LogP contribution in [0.2, 0.25) is 0 Å². The molecule has 2 nitrogen and oxygen atoms in total. The van der Waals surface area contributed by atoms with Gasteiger partial charge in [-0.15, -0.1) is 12.4 Å². The van der Waals surface area contributed by atoms with Crippen molar-refractivity contribution in [2.75, 3.05) is 13.1 Å². The number of nitrogens with zero attached hydrogens (tertiary/aromatic N) is 1. The summed E-state index contributed by atoms with van der Waals surface area (Å²) in [6.07, 6.45) is 12.7. The summed E-state index contributed by atoms with van der Waals surface area (Å²) in [7, 11) is 0. The standard InChI is InChI=1S/C15H23NO.ClH/c1-3-9-15(10-4-1,14-8-7-13-17-14)16-11-5-2-6-12-16;/h7-8,13H,1-6,9-12H2;1H. The van der Waals surface area contributed by atoms with Crippen LogP contribution in [-0.4, -0.2) is 18.0 Å². The average molecular weight is 270 g/mol. The largest absolute Gasteiger partial charge is 0.467 e. The van der Waals surface area contributed by atoms with E-state index in [1.165, 1.54) is 70.2 Å². The van der Waals surface area contributed by atoms with Crippen molar-refractivity contribution in [1.82, 2.24) is 4.90 Å². The Morgan fingerprint density at radius 3 is 2.22 bits per heavy atom. The van der Waals surface area contributed by atoms with Gasteiger partial charge in [0.1, 0.15) is 5.76 Å². The molecule has 1 aromatic heterocycles. The van der Waals surface area contributed by atoms with E-state index in [1.54, 1.807) is 0 Å². The van der Waals surface area contributed by atoms with Gasteiger partial charge in [0.25, 0.3) is 0 Å². The van der Waals surface area contributed by atoms with E-state index in [9.17, 15) is 0 Å². The Hall–Kier alpha value is -0.470. The molecule has 0 amide bonds. The quantitative estimate of drug-likeness (QED) is 0.794. The van der Waals surface area contributed by atoms with Crippen LogP contribution in [0, 0.1) is 0 Å². The summed E-state index contributed by atoms with van der Waals surface area (Å²) < 4.78 is 5.79. The summed E-state index contributed by atoms with van der Waals surface area (Å²) in [6.45, 7) is 2.53. The Balaban J connectivity index is 0.00000120. The van der Waals surface area contributed by atoms with Gasteiger partial charge in [0.05, 0.1) is 11.8 Å². The van der Waals surface area contributed by atoms with Gasteiger partial charge < -0.3 is 4.42 Å². The Labute approximate surface area is 116 Å². The minimum Gasteiger partial charge on any atom is -0.467 e. The zero-order valence-corrected chi connectivity index (χ0v) is 11.9. The van der Waals surface area contributed by atoms with E-state index >= 15 is 0 Å². The minimum absolute atomic E-state index is 0. The van der Waals surface area contributed by atoms with Crippen molar-refractivity contribution in [3.63, 3.8) is 0 Å². The van der Waals surface area contributed by atoms with Gasteiger partial charge >= 0.3 is 0 Å². The zero-order valence-electron chi connectivity index (χ0n) is 11.1. The van der Waals surface area contributed by atoms with Crippen LogP contribution in [0.5, 0.6) is 0 Å².